The molecule has 2 aromatic carbocycles. The number of hydrogen-bond donors (Lipinski definition) is 2. The fourth-order valence-corrected chi connectivity index (χ4v) is 3.78. The van der Waals surface area contributed by atoms with E-state index in [1.165, 1.54) is 6.07 Å². The van der Waals surface area contributed by atoms with E-state index in [1.807, 2.05) is 65.8 Å². The smallest absolute Gasteiger partial charge is 0.410 e. The quantitative estimate of drug-likeness (QED) is 0.571. The lowest BCUT2D eigenvalue weighted by atomic mass is 10.00. The number of nitrogens with two attached hydrogens (primary N) is 1. The number of carboxylic acids is 1. The monoisotopic (exact) mass is 503 g/mol. The summed E-state index contributed by atoms with van der Waals surface area (Å²) < 4.78 is 19.9. The molecule has 3 rings (SSSR count). The van der Waals surface area contributed by atoms with Crippen LogP contribution in [0.25, 0.3) is 11.1 Å². The first-order chi connectivity index (χ1) is 16.9. The lowest BCUT2D eigenvalue weighted by Crippen LogP contribution is -2.54. The second-order valence-corrected chi connectivity index (χ2v) is 9.50. The number of ether oxygens (including phenoxy) is 1. The predicted molar refractivity (Wildman–Crippen MR) is 142 cm³/mol. The largest absolute Gasteiger partial charge is 0.481 e. The molecule has 0 saturated carbocycles. The number of carbonyl (C=O) groups excluding carboxylic acids is 1. The predicted octanol–water partition coefficient (Wildman–Crippen LogP) is 5.51. The molecule has 0 aliphatic carbocycles. The molecule has 1 saturated heterocycles. The zero-order valence-corrected chi connectivity index (χ0v) is 22.7. The molecule has 1 atom stereocenters. The average Bonchev–Trinajstić information content (AvgIpc) is 2.79. The average molecular weight is 504 g/mol. The highest BCUT2D eigenvalue weighted by atomic mass is 19.1. The Labute approximate surface area is 215 Å². The Morgan fingerprint density at radius 1 is 1.11 bits per heavy atom. The van der Waals surface area contributed by atoms with Gasteiger partial charge in [0.05, 0.1) is 0 Å². The van der Waals surface area contributed by atoms with Crippen LogP contribution in [0.3, 0.4) is 0 Å². The van der Waals surface area contributed by atoms with Crippen molar-refractivity contribution in [3.63, 3.8) is 0 Å². The molecule has 2 aromatic rings. The molecule has 1 amide bonds. The number of rotatable bonds is 4. The summed E-state index contributed by atoms with van der Waals surface area (Å²) in [6.07, 6.45) is -0.257. The Balaban J connectivity index is 0.000000982. The van der Waals surface area contributed by atoms with Gasteiger partial charge in [-0.1, -0.05) is 38.1 Å². The minimum absolute atomic E-state index is 0.0652. The molecular weight excluding hydrogens is 461 g/mol. The highest BCUT2D eigenvalue weighted by molar-refractivity contribution is 5.69. The maximum atomic E-state index is 14.4. The molecule has 0 spiro atoms. The van der Waals surface area contributed by atoms with Crippen LogP contribution in [0.2, 0.25) is 0 Å². The van der Waals surface area contributed by atoms with E-state index in [0.717, 1.165) is 43.2 Å². The number of halogens is 1. The van der Waals surface area contributed by atoms with Gasteiger partial charge in [0.15, 0.2) is 0 Å². The van der Waals surface area contributed by atoms with E-state index in [2.05, 4.69) is 11.0 Å². The highest BCUT2D eigenvalue weighted by Gasteiger charge is 2.30. The molecule has 3 N–H and O–H groups in total. The number of nitrogens with zero attached hydrogens (tertiary/aromatic N) is 2. The third-order valence-corrected chi connectivity index (χ3v) is 5.25. The van der Waals surface area contributed by atoms with Crippen LogP contribution in [0.15, 0.2) is 42.5 Å². The first-order valence-corrected chi connectivity index (χ1v) is 12.4. The van der Waals surface area contributed by atoms with Crippen molar-refractivity contribution in [2.45, 2.75) is 73.2 Å². The van der Waals surface area contributed by atoms with Crippen molar-refractivity contribution in [3.8, 4) is 11.1 Å². The number of benzene rings is 2. The van der Waals surface area contributed by atoms with Crippen LogP contribution in [-0.2, 0) is 22.6 Å². The SMILES string of the molecule is CC.CC(=O)O.CC1CN(Cc2cccc(-c3cc(CN)ccc3F)c2)CCN1C(=O)OC(C)(C)C. The van der Waals surface area contributed by atoms with Gasteiger partial charge in [0.25, 0.3) is 5.97 Å². The van der Waals surface area contributed by atoms with E-state index in [1.54, 1.807) is 11.0 Å². The van der Waals surface area contributed by atoms with E-state index >= 15 is 0 Å². The molecule has 1 aliphatic rings. The van der Waals surface area contributed by atoms with Gasteiger partial charge in [-0.15, -0.1) is 0 Å². The van der Waals surface area contributed by atoms with Crippen molar-refractivity contribution in [1.82, 2.24) is 9.80 Å². The molecule has 1 aliphatic heterocycles. The van der Waals surface area contributed by atoms with Crippen LogP contribution in [-0.4, -0.2) is 58.2 Å². The van der Waals surface area contributed by atoms with Crippen LogP contribution >= 0.6 is 0 Å². The standard InChI is InChI=1S/C24H32FN3O2.C2H4O2.C2H6/c1-17-15-27(10-11-28(17)23(29)30-24(2,3)4)16-19-6-5-7-20(12-19)21-13-18(14-26)8-9-22(21)25;1-2(3)4;1-2/h5-9,12-13,17H,10-11,14-16,26H2,1-4H3;1H3,(H,3,4);1-2H3. The van der Waals surface area contributed by atoms with E-state index in [4.69, 9.17) is 20.4 Å². The van der Waals surface area contributed by atoms with E-state index in [0.29, 0.717) is 18.7 Å². The number of amides is 1. The van der Waals surface area contributed by atoms with Gasteiger partial charge in [-0.25, -0.2) is 9.18 Å². The fourth-order valence-electron chi connectivity index (χ4n) is 3.78. The molecule has 1 fully saturated rings. The summed E-state index contributed by atoms with van der Waals surface area (Å²) in [4.78, 5) is 25.5. The minimum Gasteiger partial charge on any atom is -0.481 e. The van der Waals surface area contributed by atoms with Crippen LogP contribution in [0.4, 0.5) is 9.18 Å². The van der Waals surface area contributed by atoms with E-state index in [-0.39, 0.29) is 18.0 Å². The second-order valence-electron chi connectivity index (χ2n) is 9.50. The molecule has 0 radical (unpaired) electrons. The summed E-state index contributed by atoms with van der Waals surface area (Å²) >= 11 is 0. The topological polar surface area (TPSA) is 96.1 Å². The van der Waals surface area contributed by atoms with Gasteiger partial charge in [-0.2, -0.15) is 0 Å². The van der Waals surface area contributed by atoms with Gasteiger partial charge in [-0.05, 0) is 62.6 Å². The van der Waals surface area contributed by atoms with Gasteiger partial charge >= 0.3 is 6.09 Å². The number of hydrogen-bond acceptors (Lipinski definition) is 5. The number of aliphatic carboxylic acids is 1. The van der Waals surface area contributed by atoms with Crippen molar-refractivity contribution >= 4 is 12.1 Å². The Kier molecular flexibility index (Phi) is 12.6. The molecule has 200 valence electrons. The van der Waals surface area contributed by atoms with Gasteiger partial charge in [-0.3, -0.25) is 9.69 Å². The van der Waals surface area contributed by atoms with Gasteiger partial charge in [0, 0.05) is 51.3 Å². The summed E-state index contributed by atoms with van der Waals surface area (Å²) in [6.45, 7) is 16.1. The fraction of sp³-hybridized carbons (Fsp3) is 0.500. The maximum absolute atomic E-state index is 14.4. The molecule has 0 aromatic heterocycles. The highest BCUT2D eigenvalue weighted by Crippen LogP contribution is 2.26. The number of piperazine rings is 1. The zero-order chi connectivity index (χ0) is 27.5. The van der Waals surface area contributed by atoms with E-state index < -0.39 is 11.6 Å². The first-order valence-electron chi connectivity index (χ1n) is 12.4. The van der Waals surface area contributed by atoms with E-state index in [9.17, 15) is 9.18 Å². The molecular formula is C28H42FN3O4. The minimum atomic E-state index is -0.833. The molecule has 8 heteroatoms. The van der Waals surface area contributed by atoms with Crippen LogP contribution < -0.4 is 5.73 Å². The Morgan fingerprint density at radius 3 is 2.31 bits per heavy atom. The summed E-state index contributed by atoms with van der Waals surface area (Å²) in [5.41, 5.74) is 8.66. The first kappa shape index (κ1) is 31.1. The van der Waals surface area contributed by atoms with Crippen LogP contribution in [0.5, 0.6) is 0 Å². The third-order valence-electron chi connectivity index (χ3n) is 5.25. The van der Waals surface area contributed by atoms with Crippen molar-refractivity contribution in [1.29, 1.82) is 0 Å². The lowest BCUT2D eigenvalue weighted by Gasteiger charge is -2.40. The van der Waals surface area contributed by atoms with Gasteiger partial charge in [0.2, 0.25) is 0 Å². The van der Waals surface area contributed by atoms with Crippen LogP contribution in [0.1, 0.15) is 59.6 Å². The van der Waals surface area contributed by atoms with Gasteiger partial charge < -0.3 is 20.5 Å². The van der Waals surface area contributed by atoms with Crippen molar-refractivity contribution in [2.24, 2.45) is 5.73 Å². The van der Waals surface area contributed by atoms with Crippen LogP contribution in [0, 0.1) is 5.82 Å². The molecule has 0 bridgehead atoms. The lowest BCUT2D eigenvalue weighted by molar-refractivity contribution is -0.134. The number of carboxylic acid groups (broad SMARTS) is 1. The van der Waals surface area contributed by atoms with Gasteiger partial charge in [0.1, 0.15) is 11.4 Å². The Morgan fingerprint density at radius 2 is 1.75 bits per heavy atom. The molecule has 1 unspecified atom stereocenters. The second kappa shape index (κ2) is 14.6. The Bertz CT molecular complexity index is 987. The zero-order valence-electron chi connectivity index (χ0n) is 22.7. The summed E-state index contributed by atoms with van der Waals surface area (Å²) in [7, 11) is 0. The summed E-state index contributed by atoms with van der Waals surface area (Å²) in [5, 5.41) is 7.42. The molecule has 1 heterocycles. The third kappa shape index (κ3) is 10.3. The maximum Gasteiger partial charge on any atom is 0.410 e. The summed E-state index contributed by atoms with van der Waals surface area (Å²) in [5.74, 6) is -1.08. The normalized spacial score (nSPS) is 15.7. The number of carbonyl (C=O) groups is 2. The van der Waals surface area contributed by atoms with Crippen molar-refractivity contribution in [2.75, 3.05) is 19.6 Å². The Hall–Kier alpha value is -2.97. The van der Waals surface area contributed by atoms with Crippen molar-refractivity contribution < 1.29 is 23.8 Å². The molecule has 7 nitrogen and oxygen atoms in total. The molecule has 36 heavy (non-hydrogen) atoms. The summed E-state index contributed by atoms with van der Waals surface area (Å²) in [6, 6.07) is 13.0. The van der Waals surface area contributed by atoms with Crippen molar-refractivity contribution in [3.05, 3.63) is 59.4 Å².